The zero-order valence-electron chi connectivity index (χ0n) is 4.50. The first-order chi connectivity index (χ1) is 2.00. The van der Waals surface area contributed by atoms with Gasteiger partial charge in [-0.3, -0.25) is 4.70 Å². The van der Waals surface area contributed by atoms with Gasteiger partial charge in [-0.25, -0.2) is 0 Å². The monoisotopic (exact) mass is 131 g/mol. The van der Waals surface area contributed by atoms with Crippen molar-refractivity contribution in [1.82, 2.24) is 0 Å². The molecule has 0 aliphatic heterocycles. The van der Waals surface area contributed by atoms with Crippen molar-refractivity contribution in [3.8, 4) is 0 Å². The van der Waals surface area contributed by atoms with Crippen LogP contribution in [0, 0.1) is 0 Å². The normalized spacial score (nSPS) is 8.57. The molecule has 0 aromatic carbocycles. The van der Waals surface area contributed by atoms with Gasteiger partial charge in [0.25, 0.3) is 0 Å². The van der Waals surface area contributed by atoms with E-state index in [0.717, 1.165) is 0 Å². The molecule has 0 amide bonds. The van der Waals surface area contributed by atoms with Crippen LogP contribution in [-0.4, -0.2) is 7.25 Å². The fourth-order valence-electron chi connectivity index (χ4n) is 0. The molecule has 0 saturated carbocycles. The van der Waals surface area contributed by atoms with Crippen LogP contribution < -0.4 is 29.6 Å². The third-order valence-electron chi connectivity index (χ3n) is 0. The summed E-state index contributed by atoms with van der Waals surface area (Å²) < 4.78 is 39.0. The molecule has 7 heteroatoms. The van der Waals surface area contributed by atoms with E-state index in [-0.39, 0.29) is 35.7 Å². The Morgan fingerprint density at radius 3 is 1.00 bits per heavy atom. The van der Waals surface area contributed by atoms with Gasteiger partial charge in [0.15, 0.2) is 0 Å². The summed E-state index contributed by atoms with van der Waals surface area (Å²) in [6, 6.07) is 0. The third kappa shape index (κ3) is 292. The van der Waals surface area contributed by atoms with Crippen LogP contribution in [0.2, 0.25) is 0 Å². The van der Waals surface area contributed by atoms with Crippen molar-refractivity contribution in [3.05, 3.63) is 0 Å². The van der Waals surface area contributed by atoms with Crippen molar-refractivity contribution >= 4 is 7.25 Å². The zero-order valence-corrected chi connectivity index (χ0v) is 5.50. The molecule has 0 aromatic rings. The first kappa shape index (κ1) is 15.6. The first-order valence-electron chi connectivity index (χ1n) is 0.873. The molecule has 0 rings (SSSR count). The third-order valence-corrected chi connectivity index (χ3v) is 0. The van der Waals surface area contributed by atoms with Gasteiger partial charge >= 0.3 is 36.8 Å². The van der Waals surface area contributed by atoms with Crippen molar-refractivity contribution < 1.29 is 53.0 Å². The molecule has 0 heterocycles. The first-order valence-corrected chi connectivity index (χ1v) is 0.873. The molecular formula is H2BF5Na-. The van der Waals surface area contributed by atoms with E-state index in [0.29, 0.717) is 0 Å². The molecule has 0 nitrogen and oxygen atoms in total. The molecule has 42 valence electrons. The second-order valence-corrected chi connectivity index (χ2v) is 0.495. The van der Waals surface area contributed by atoms with E-state index in [9.17, 15) is 17.3 Å². The Kier molecular flexibility index (Phi) is 10.9. The maximum Gasteiger partial charge on any atom is 1.00 e. The summed E-state index contributed by atoms with van der Waals surface area (Å²) in [4.78, 5) is 0. The van der Waals surface area contributed by atoms with Gasteiger partial charge in [-0.05, 0) is 0 Å². The Labute approximate surface area is 60.5 Å². The summed E-state index contributed by atoms with van der Waals surface area (Å²) in [7, 11) is -6.00. The minimum absolute atomic E-state index is 0. The average molecular weight is 131 g/mol. The molecule has 0 aliphatic carbocycles. The number of hydrogen-bond donors (Lipinski definition) is 0. The van der Waals surface area contributed by atoms with E-state index >= 15 is 0 Å². The standard InChI is InChI=1S/BF4.FH.Na.H/c2-1(3,4)5;;;/h;1H;;/q-1;;+1;-1. The fourth-order valence-corrected chi connectivity index (χ4v) is 0. The van der Waals surface area contributed by atoms with Crippen molar-refractivity contribution in [2.75, 3.05) is 0 Å². The molecule has 0 atom stereocenters. The molecule has 7 heavy (non-hydrogen) atoms. The van der Waals surface area contributed by atoms with E-state index in [1.165, 1.54) is 0 Å². The van der Waals surface area contributed by atoms with Crippen molar-refractivity contribution in [2.24, 2.45) is 0 Å². The molecule has 0 spiro atoms. The van der Waals surface area contributed by atoms with E-state index in [1.54, 1.807) is 0 Å². The van der Waals surface area contributed by atoms with Gasteiger partial charge in [-0.2, -0.15) is 0 Å². The van der Waals surface area contributed by atoms with Gasteiger partial charge in [0, 0.05) is 0 Å². The van der Waals surface area contributed by atoms with Gasteiger partial charge in [0.1, 0.15) is 0 Å². The van der Waals surface area contributed by atoms with E-state index < -0.39 is 7.25 Å². The SMILES string of the molecule is F.F[B-](F)(F)F.[H-].[Na+]. The summed E-state index contributed by atoms with van der Waals surface area (Å²) in [5, 5.41) is 0. The van der Waals surface area contributed by atoms with Crippen LogP contribution >= 0.6 is 0 Å². The summed E-state index contributed by atoms with van der Waals surface area (Å²) in [6.45, 7) is 0. The van der Waals surface area contributed by atoms with Crippen LogP contribution in [0.1, 0.15) is 1.43 Å². The maximum atomic E-state index is 9.75. The fraction of sp³-hybridized carbons (Fsp3) is 0. The molecule has 0 aliphatic rings. The Hall–Kier alpha value is 0.715. The smallest absolute Gasteiger partial charge is 1.00 e. The zero-order chi connectivity index (χ0) is 4.50. The van der Waals surface area contributed by atoms with Gasteiger partial charge in [0.05, 0.1) is 0 Å². The van der Waals surface area contributed by atoms with Gasteiger partial charge in [-0.1, -0.05) is 0 Å². The molecular weight excluding hydrogens is 129 g/mol. The van der Waals surface area contributed by atoms with Crippen LogP contribution in [0.4, 0.5) is 22.0 Å². The Morgan fingerprint density at radius 2 is 1.00 bits per heavy atom. The van der Waals surface area contributed by atoms with Crippen LogP contribution in [0.25, 0.3) is 0 Å². The summed E-state index contributed by atoms with van der Waals surface area (Å²) in [5.74, 6) is 0. The Morgan fingerprint density at radius 1 is 1.00 bits per heavy atom. The Bertz CT molecular complexity index is 27.9. The van der Waals surface area contributed by atoms with Gasteiger partial charge < -0.3 is 18.7 Å². The minimum Gasteiger partial charge on any atom is -1.00 e. The number of rotatable bonds is 0. The topological polar surface area (TPSA) is 0 Å². The summed E-state index contributed by atoms with van der Waals surface area (Å²) >= 11 is 0. The molecule has 0 radical (unpaired) electrons. The molecule has 0 aromatic heterocycles. The predicted molar refractivity (Wildman–Crippen MR) is 13.8 cm³/mol. The molecule has 0 fully saturated rings. The second-order valence-electron chi connectivity index (χ2n) is 0.495. The van der Waals surface area contributed by atoms with E-state index in [2.05, 4.69) is 0 Å². The van der Waals surface area contributed by atoms with Crippen LogP contribution in [0.5, 0.6) is 0 Å². The van der Waals surface area contributed by atoms with Gasteiger partial charge in [0.2, 0.25) is 0 Å². The number of hydrogen-bond acceptors (Lipinski definition) is 0. The molecule has 0 N–H and O–H groups in total. The largest absolute Gasteiger partial charge is 1.00 e. The van der Waals surface area contributed by atoms with Crippen molar-refractivity contribution in [2.45, 2.75) is 0 Å². The van der Waals surface area contributed by atoms with Crippen LogP contribution in [0.15, 0.2) is 0 Å². The average Bonchev–Trinajstić information content (AvgIpc) is 0.722. The number of halogens is 5. The quantitative estimate of drug-likeness (QED) is 0.279. The van der Waals surface area contributed by atoms with Gasteiger partial charge in [-0.15, -0.1) is 0 Å². The Balaban J connectivity index is -0.0000000267. The van der Waals surface area contributed by atoms with E-state index in [4.69, 9.17) is 0 Å². The molecule has 0 bridgehead atoms. The molecule has 0 saturated heterocycles. The van der Waals surface area contributed by atoms with Crippen LogP contribution in [-0.2, 0) is 0 Å². The minimum atomic E-state index is -6.00. The second kappa shape index (κ2) is 4.86. The molecule has 0 unspecified atom stereocenters. The predicted octanol–water partition coefficient (Wildman–Crippen LogP) is -1.43. The van der Waals surface area contributed by atoms with E-state index in [1.807, 2.05) is 0 Å². The van der Waals surface area contributed by atoms with Crippen molar-refractivity contribution in [1.29, 1.82) is 0 Å². The van der Waals surface area contributed by atoms with Crippen LogP contribution in [0.3, 0.4) is 0 Å². The summed E-state index contributed by atoms with van der Waals surface area (Å²) in [5.41, 5.74) is 0. The maximum absolute atomic E-state index is 9.75. The summed E-state index contributed by atoms with van der Waals surface area (Å²) in [6.07, 6.45) is 0. The van der Waals surface area contributed by atoms with Crippen molar-refractivity contribution in [3.63, 3.8) is 0 Å².